The minimum Gasteiger partial charge on any atom is -0.378 e. The number of benzene rings is 2. The highest BCUT2D eigenvalue weighted by Gasteiger charge is 2.03. The first-order valence-corrected chi connectivity index (χ1v) is 9.05. The SMILES string of the molecule is Cc1ccc(C(=O)C=c2[nH]c(=O)c(=Cc3ccc(N(C)C)cc3)s2)cc1. The van der Waals surface area contributed by atoms with E-state index in [-0.39, 0.29) is 11.3 Å². The molecule has 0 spiro atoms. The number of ketones is 1. The Morgan fingerprint density at radius 3 is 2.31 bits per heavy atom. The molecule has 3 rings (SSSR count). The summed E-state index contributed by atoms with van der Waals surface area (Å²) in [6.45, 7) is 1.97. The molecule has 0 aliphatic rings. The van der Waals surface area contributed by atoms with Gasteiger partial charge in [0.2, 0.25) is 0 Å². The van der Waals surface area contributed by atoms with Gasteiger partial charge in [0.15, 0.2) is 5.78 Å². The summed E-state index contributed by atoms with van der Waals surface area (Å²) in [6, 6.07) is 15.3. The number of rotatable bonds is 4. The van der Waals surface area contributed by atoms with E-state index in [4.69, 9.17) is 0 Å². The highest BCUT2D eigenvalue weighted by atomic mass is 32.1. The Morgan fingerprint density at radius 2 is 1.69 bits per heavy atom. The average molecular weight is 364 g/mol. The molecule has 26 heavy (non-hydrogen) atoms. The summed E-state index contributed by atoms with van der Waals surface area (Å²) in [6.07, 6.45) is 3.31. The minimum atomic E-state index is -0.186. The number of H-pyrrole nitrogens is 1. The molecule has 0 amide bonds. The zero-order valence-corrected chi connectivity index (χ0v) is 15.8. The monoisotopic (exact) mass is 364 g/mol. The van der Waals surface area contributed by atoms with Crippen molar-refractivity contribution >= 4 is 35.0 Å². The molecule has 0 atom stereocenters. The smallest absolute Gasteiger partial charge is 0.266 e. The van der Waals surface area contributed by atoms with E-state index in [2.05, 4.69) is 4.98 Å². The first kappa shape index (κ1) is 17.9. The molecule has 4 nitrogen and oxygen atoms in total. The molecule has 0 saturated heterocycles. The second-order valence-electron chi connectivity index (χ2n) is 6.29. The first-order chi connectivity index (χ1) is 12.4. The Balaban J connectivity index is 1.92. The maximum Gasteiger partial charge on any atom is 0.266 e. The predicted molar refractivity (Wildman–Crippen MR) is 109 cm³/mol. The largest absolute Gasteiger partial charge is 0.378 e. The van der Waals surface area contributed by atoms with Gasteiger partial charge >= 0.3 is 0 Å². The van der Waals surface area contributed by atoms with Crippen LogP contribution in [0.25, 0.3) is 12.2 Å². The average Bonchev–Trinajstić information content (AvgIpc) is 2.95. The van der Waals surface area contributed by atoms with Gasteiger partial charge in [-0.05, 0) is 30.7 Å². The third-order valence-corrected chi connectivity index (χ3v) is 4.95. The maximum atomic E-state index is 12.3. The van der Waals surface area contributed by atoms with Crippen molar-refractivity contribution in [2.75, 3.05) is 19.0 Å². The van der Waals surface area contributed by atoms with Gasteiger partial charge in [0.1, 0.15) is 0 Å². The molecule has 0 bridgehead atoms. The number of hydrogen-bond donors (Lipinski definition) is 1. The van der Waals surface area contributed by atoms with Gasteiger partial charge in [0.05, 0.1) is 9.20 Å². The van der Waals surface area contributed by atoms with Crippen LogP contribution in [0.4, 0.5) is 5.69 Å². The van der Waals surface area contributed by atoms with Crippen LogP contribution >= 0.6 is 11.3 Å². The van der Waals surface area contributed by atoms with Crippen molar-refractivity contribution < 1.29 is 4.79 Å². The standard InChI is InChI=1S/C21H20N2O2S/c1-14-4-8-16(9-5-14)18(24)13-20-22-21(25)19(26-20)12-15-6-10-17(11-7-15)23(2)3/h4-13H,1-3H3,(H,22,25). The van der Waals surface area contributed by atoms with Crippen molar-refractivity contribution in [2.45, 2.75) is 6.92 Å². The zero-order valence-electron chi connectivity index (χ0n) is 14.9. The Labute approximate surface area is 155 Å². The molecule has 132 valence electrons. The Hall–Kier alpha value is -2.92. The van der Waals surface area contributed by atoms with Crippen LogP contribution in [0, 0.1) is 6.92 Å². The topological polar surface area (TPSA) is 53.2 Å². The zero-order chi connectivity index (χ0) is 18.7. The second kappa shape index (κ2) is 7.54. The van der Waals surface area contributed by atoms with Crippen LogP contribution < -0.4 is 19.7 Å². The molecule has 1 aromatic heterocycles. The quantitative estimate of drug-likeness (QED) is 0.723. The van der Waals surface area contributed by atoms with Crippen molar-refractivity contribution in [2.24, 2.45) is 0 Å². The lowest BCUT2D eigenvalue weighted by molar-refractivity contribution is 0.106. The van der Waals surface area contributed by atoms with Crippen molar-refractivity contribution in [3.63, 3.8) is 0 Å². The minimum absolute atomic E-state index is 0.121. The third-order valence-electron chi connectivity index (χ3n) is 3.99. The van der Waals surface area contributed by atoms with E-state index in [9.17, 15) is 9.59 Å². The third kappa shape index (κ3) is 4.18. The molecule has 5 heteroatoms. The summed E-state index contributed by atoms with van der Waals surface area (Å²) < 4.78 is 1.13. The molecule has 1 N–H and O–H groups in total. The fourth-order valence-electron chi connectivity index (χ4n) is 2.46. The Morgan fingerprint density at radius 1 is 1.04 bits per heavy atom. The summed E-state index contributed by atoms with van der Waals surface area (Å²) in [4.78, 5) is 29.3. The van der Waals surface area contributed by atoms with Gasteiger partial charge < -0.3 is 9.88 Å². The highest BCUT2D eigenvalue weighted by molar-refractivity contribution is 7.07. The summed E-state index contributed by atoms with van der Waals surface area (Å²) in [7, 11) is 3.96. The number of aryl methyl sites for hydroxylation is 1. The molecule has 0 unspecified atom stereocenters. The van der Waals surface area contributed by atoms with Gasteiger partial charge in [-0.15, -0.1) is 11.3 Å². The molecule has 0 saturated carbocycles. The van der Waals surface area contributed by atoms with Crippen LogP contribution in [0.3, 0.4) is 0 Å². The number of thiazole rings is 1. The summed E-state index contributed by atoms with van der Waals surface area (Å²) in [5.41, 5.74) is 3.56. The van der Waals surface area contributed by atoms with Crippen LogP contribution in [0.5, 0.6) is 0 Å². The fraction of sp³-hybridized carbons (Fsp3) is 0.143. The van der Waals surface area contributed by atoms with E-state index in [1.165, 1.54) is 17.4 Å². The maximum absolute atomic E-state index is 12.3. The summed E-state index contributed by atoms with van der Waals surface area (Å²) in [5, 5.41) is 0. The number of nitrogens with one attached hydrogen (secondary N) is 1. The molecule has 1 heterocycles. The number of carbonyl (C=O) groups is 1. The lowest BCUT2D eigenvalue weighted by Crippen LogP contribution is -2.20. The Kier molecular flexibility index (Phi) is 5.19. The number of Topliss-reactive ketones (excluding diaryl/α,β-unsaturated/α-hetero) is 1. The van der Waals surface area contributed by atoms with E-state index in [1.54, 1.807) is 12.1 Å². The van der Waals surface area contributed by atoms with Gasteiger partial charge in [-0.1, -0.05) is 42.0 Å². The van der Waals surface area contributed by atoms with E-state index in [0.717, 1.165) is 16.8 Å². The van der Waals surface area contributed by atoms with Gasteiger partial charge in [-0.2, -0.15) is 0 Å². The van der Waals surface area contributed by atoms with Gasteiger partial charge in [0.25, 0.3) is 5.56 Å². The molecular formula is C21H20N2O2S. The van der Waals surface area contributed by atoms with Crippen LogP contribution in [0.1, 0.15) is 21.5 Å². The molecular weight excluding hydrogens is 344 g/mol. The summed E-state index contributed by atoms with van der Waals surface area (Å²) >= 11 is 1.28. The molecule has 0 fully saturated rings. The van der Waals surface area contributed by atoms with E-state index < -0.39 is 0 Å². The van der Waals surface area contributed by atoms with E-state index >= 15 is 0 Å². The number of carbonyl (C=O) groups excluding carboxylic acids is 1. The fourth-order valence-corrected chi connectivity index (χ4v) is 3.35. The lowest BCUT2D eigenvalue weighted by Gasteiger charge is -2.11. The predicted octanol–water partition coefficient (Wildman–Crippen LogP) is 2.30. The number of aromatic nitrogens is 1. The lowest BCUT2D eigenvalue weighted by atomic mass is 10.1. The molecule has 0 radical (unpaired) electrons. The molecule has 0 aliphatic carbocycles. The molecule has 2 aromatic carbocycles. The van der Waals surface area contributed by atoms with Gasteiger partial charge in [-0.3, -0.25) is 9.59 Å². The van der Waals surface area contributed by atoms with Gasteiger partial charge in [0, 0.05) is 31.4 Å². The van der Waals surface area contributed by atoms with Crippen molar-refractivity contribution in [1.29, 1.82) is 0 Å². The van der Waals surface area contributed by atoms with Crippen molar-refractivity contribution in [1.82, 2.24) is 4.98 Å². The first-order valence-electron chi connectivity index (χ1n) is 8.23. The number of aromatic amines is 1. The van der Waals surface area contributed by atoms with Crippen LogP contribution in [0.2, 0.25) is 0 Å². The van der Waals surface area contributed by atoms with Gasteiger partial charge in [-0.25, -0.2) is 0 Å². The van der Waals surface area contributed by atoms with E-state index in [0.29, 0.717) is 14.8 Å². The number of nitrogens with zero attached hydrogens (tertiary/aromatic N) is 1. The number of hydrogen-bond acceptors (Lipinski definition) is 4. The van der Waals surface area contributed by atoms with Crippen LogP contribution in [0.15, 0.2) is 53.3 Å². The van der Waals surface area contributed by atoms with Crippen LogP contribution in [-0.4, -0.2) is 24.9 Å². The normalized spacial score (nSPS) is 12.4. The van der Waals surface area contributed by atoms with E-state index in [1.807, 2.05) is 68.4 Å². The Bertz CT molecular complexity index is 1090. The van der Waals surface area contributed by atoms with Crippen molar-refractivity contribution in [3.8, 4) is 0 Å². The number of anilines is 1. The van der Waals surface area contributed by atoms with Crippen molar-refractivity contribution in [3.05, 3.63) is 84.8 Å². The van der Waals surface area contributed by atoms with Crippen LogP contribution in [-0.2, 0) is 0 Å². The highest BCUT2D eigenvalue weighted by Crippen LogP contribution is 2.12. The summed E-state index contributed by atoms with van der Waals surface area (Å²) in [5.74, 6) is -0.121. The molecule has 3 aromatic rings. The molecule has 0 aliphatic heterocycles. The second-order valence-corrected chi connectivity index (χ2v) is 7.37.